The number of halogens is 4. The van der Waals surface area contributed by atoms with Crippen molar-refractivity contribution in [2.24, 2.45) is 0 Å². The first-order chi connectivity index (χ1) is 20.8. The third-order valence-electron chi connectivity index (χ3n) is 8.57. The summed E-state index contributed by atoms with van der Waals surface area (Å²) in [6, 6.07) is 0.264. The van der Waals surface area contributed by atoms with Gasteiger partial charge in [-0.15, -0.1) is 16.4 Å². The number of nitrogens with one attached hydrogen (secondary N) is 2. The van der Waals surface area contributed by atoms with Crippen molar-refractivity contribution in [2.75, 3.05) is 36.5 Å². The van der Waals surface area contributed by atoms with Crippen molar-refractivity contribution in [2.45, 2.75) is 69.2 Å². The second-order valence-corrected chi connectivity index (χ2v) is 12.7. The molecule has 4 atom stereocenters. The zero-order chi connectivity index (χ0) is 31.1. The first-order valence-corrected chi connectivity index (χ1v) is 15.1. The van der Waals surface area contributed by atoms with Crippen LogP contribution in [0.3, 0.4) is 0 Å². The average molecular weight is 626 g/mol. The molecule has 0 bridgehead atoms. The molecule has 0 aromatic carbocycles. The molecule has 6 heterocycles. The van der Waals surface area contributed by atoms with Crippen molar-refractivity contribution >= 4 is 51.6 Å². The van der Waals surface area contributed by atoms with Gasteiger partial charge in [0, 0.05) is 37.7 Å². The second-order valence-electron chi connectivity index (χ2n) is 11.1. The Balaban J connectivity index is 1.35. The van der Waals surface area contributed by atoms with Gasteiger partial charge in [-0.2, -0.15) is 22.7 Å². The number of allylic oxidation sites excluding steroid dienone is 1. The number of anilines is 2. The molecule has 15 heteroatoms. The van der Waals surface area contributed by atoms with Gasteiger partial charge in [0.1, 0.15) is 20.9 Å². The van der Waals surface area contributed by atoms with Gasteiger partial charge in [-0.3, -0.25) is 14.2 Å². The quantitative estimate of drug-likeness (QED) is 0.442. The number of rotatable bonds is 4. The topological polar surface area (TPSA) is 106 Å². The van der Waals surface area contributed by atoms with Crippen LogP contribution in [0.25, 0.3) is 11.4 Å². The molecule has 1 amide bonds. The van der Waals surface area contributed by atoms with E-state index in [1.54, 1.807) is 10.6 Å². The van der Waals surface area contributed by atoms with Gasteiger partial charge >= 0.3 is 6.18 Å². The molecule has 10 nitrogen and oxygen atoms in total. The molecule has 3 aromatic rings. The number of nitrogens with zero attached hydrogens (tertiary/aromatic N) is 5. The molecule has 224 valence electrons. The number of fused-ring (bicyclic) bond motifs is 4. The minimum atomic E-state index is -4.61. The first kappa shape index (κ1) is 25.5. The van der Waals surface area contributed by atoms with Gasteiger partial charge in [-0.1, -0.05) is 24.6 Å². The van der Waals surface area contributed by atoms with Gasteiger partial charge in [-0.25, -0.2) is 0 Å². The summed E-state index contributed by atoms with van der Waals surface area (Å²) in [5, 5.41) is 10.7. The van der Waals surface area contributed by atoms with Crippen LogP contribution in [0.2, 0.25) is 4.34 Å². The monoisotopic (exact) mass is 625 g/mol. The van der Waals surface area contributed by atoms with Gasteiger partial charge in [0.15, 0.2) is 5.82 Å². The van der Waals surface area contributed by atoms with E-state index in [2.05, 4.69) is 20.6 Å². The summed E-state index contributed by atoms with van der Waals surface area (Å²) in [6.45, 7) is 1.38. The number of amides is 1. The van der Waals surface area contributed by atoms with E-state index in [1.807, 2.05) is 6.92 Å². The molecular weight excluding hydrogens is 595 g/mol. The number of alkyl halides is 3. The largest absolute Gasteiger partial charge is 0.425 e. The van der Waals surface area contributed by atoms with Crippen LogP contribution >= 0.6 is 22.9 Å². The summed E-state index contributed by atoms with van der Waals surface area (Å²) in [6.07, 6.45) is -0.390. The highest BCUT2D eigenvalue weighted by molar-refractivity contribution is 7.17. The summed E-state index contributed by atoms with van der Waals surface area (Å²) in [5.41, 5.74) is 1.21. The standard InChI is InChI=1S/C27H29ClF3N7O3S/c1-13-11-18(24(39)33-16-12-19(27(29,30)31)42-22(16)28)37-20(13)21(36-8-7-32-15-4-5-17(15)36)25(40)38-26(37)34-23(35-38)14-3-2-9-41-10-6-14/h6,12-13,15,17-18,32H,2-5,7-11H2,1H3,(H,33,39)/t13?,15-,17-,18?/m0/s1/i9D2. The lowest BCUT2D eigenvalue weighted by atomic mass is 9.83. The lowest BCUT2D eigenvalue weighted by molar-refractivity contribution is -0.134. The SMILES string of the molecule is [2H]C1([2H])CCC(c2nc3n4c(c(N5CCN[C@H]6CC[C@@H]65)c(=O)n3n2)C(C)CC4C(=O)Nc2cc(C(F)(F)F)sc2Cl)=CCO1. The lowest BCUT2D eigenvalue weighted by Crippen LogP contribution is -2.64. The third-order valence-corrected chi connectivity index (χ3v) is 9.97. The maximum atomic E-state index is 14.2. The van der Waals surface area contributed by atoms with E-state index in [4.69, 9.17) is 24.1 Å². The zero-order valence-electron chi connectivity index (χ0n) is 24.5. The smallest absolute Gasteiger partial charge is 0.377 e. The summed E-state index contributed by atoms with van der Waals surface area (Å²) in [7, 11) is 0. The highest BCUT2D eigenvalue weighted by atomic mass is 35.5. The Morgan fingerprint density at radius 3 is 2.93 bits per heavy atom. The van der Waals surface area contributed by atoms with Crippen LogP contribution in [0, 0.1) is 0 Å². The third kappa shape index (κ3) is 4.54. The van der Waals surface area contributed by atoms with E-state index in [0.29, 0.717) is 41.4 Å². The van der Waals surface area contributed by atoms with Crippen molar-refractivity contribution in [3.8, 4) is 0 Å². The van der Waals surface area contributed by atoms with Crippen molar-refractivity contribution in [1.29, 1.82) is 0 Å². The predicted octanol–water partition coefficient (Wildman–Crippen LogP) is 4.45. The molecule has 2 fully saturated rings. The number of aromatic nitrogens is 4. The molecule has 42 heavy (non-hydrogen) atoms. The molecule has 1 aliphatic carbocycles. The number of thiophene rings is 1. The van der Waals surface area contributed by atoms with E-state index in [9.17, 15) is 22.8 Å². The zero-order valence-corrected chi connectivity index (χ0v) is 24.1. The van der Waals surface area contributed by atoms with Gasteiger partial charge in [0.25, 0.3) is 5.56 Å². The number of carbonyl (C=O) groups is 1. The molecule has 0 radical (unpaired) electrons. The van der Waals surface area contributed by atoms with Gasteiger partial charge in [-0.05, 0) is 43.7 Å². The van der Waals surface area contributed by atoms with Gasteiger partial charge < -0.3 is 20.3 Å². The Morgan fingerprint density at radius 1 is 1.36 bits per heavy atom. The van der Waals surface area contributed by atoms with Crippen molar-refractivity contribution in [3.63, 3.8) is 0 Å². The van der Waals surface area contributed by atoms with E-state index < -0.39 is 29.6 Å². The Labute approximate surface area is 250 Å². The molecule has 7 rings (SSSR count). The van der Waals surface area contributed by atoms with Crippen LogP contribution in [0.1, 0.15) is 70.1 Å². The molecule has 1 saturated carbocycles. The summed E-state index contributed by atoms with van der Waals surface area (Å²) in [4.78, 5) is 33.9. The van der Waals surface area contributed by atoms with Crippen molar-refractivity contribution in [1.82, 2.24) is 24.5 Å². The fourth-order valence-electron chi connectivity index (χ4n) is 6.47. The lowest BCUT2D eigenvalue weighted by Gasteiger charge is -2.50. The Hall–Kier alpha value is -2.94. The fourth-order valence-corrected chi connectivity index (χ4v) is 7.53. The Bertz CT molecular complexity index is 1760. The van der Waals surface area contributed by atoms with E-state index in [-0.39, 0.29) is 71.1 Å². The summed E-state index contributed by atoms with van der Waals surface area (Å²) in [5.74, 6) is -0.475. The van der Waals surface area contributed by atoms with Crippen LogP contribution < -0.4 is 21.1 Å². The summed E-state index contributed by atoms with van der Waals surface area (Å²) >= 11 is 6.45. The molecule has 2 unspecified atom stereocenters. The Morgan fingerprint density at radius 2 is 2.19 bits per heavy atom. The minimum Gasteiger partial charge on any atom is -0.377 e. The van der Waals surface area contributed by atoms with Crippen LogP contribution in [-0.4, -0.2) is 63.4 Å². The maximum absolute atomic E-state index is 14.2. The number of hydrogen-bond acceptors (Lipinski definition) is 8. The second kappa shape index (κ2) is 10.4. The van der Waals surface area contributed by atoms with Crippen LogP contribution in [0.5, 0.6) is 0 Å². The highest BCUT2D eigenvalue weighted by Crippen LogP contribution is 2.45. The predicted molar refractivity (Wildman–Crippen MR) is 152 cm³/mol. The molecule has 3 aromatic heterocycles. The number of hydrogen-bond donors (Lipinski definition) is 2. The maximum Gasteiger partial charge on any atom is 0.425 e. The van der Waals surface area contributed by atoms with Gasteiger partial charge in [0.05, 0.1) is 20.7 Å². The van der Waals surface area contributed by atoms with E-state index >= 15 is 0 Å². The first-order valence-electron chi connectivity index (χ1n) is 14.9. The molecule has 0 spiro atoms. The number of ether oxygens (including phenoxy) is 1. The molecule has 1 saturated heterocycles. The summed E-state index contributed by atoms with van der Waals surface area (Å²) < 4.78 is 63.9. The van der Waals surface area contributed by atoms with E-state index in [1.165, 1.54) is 4.52 Å². The van der Waals surface area contributed by atoms with Crippen LogP contribution in [0.15, 0.2) is 16.9 Å². The van der Waals surface area contributed by atoms with E-state index in [0.717, 1.165) is 18.9 Å². The average Bonchev–Trinajstić information content (AvgIpc) is 3.59. The van der Waals surface area contributed by atoms with Crippen LogP contribution in [-0.2, 0) is 15.7 Å². The number of piperazine rings is 1. The minimum absolute atomic E-state index is 0.00580. The normalized spacial score (nSPS) is 27.8. The molecule has 2 N–H and O–H groups in total. The molecule has 4 aliphatic rings. The van der Waals surface area contributed by atoms with Gasteiger partial charge in [0.2, 0.25) is 11.7 Å². The Kier molecular flexibility index (Phi) is 6.30. The molecular formula is C27H29ClF3N7O3S. The fraction of sp³-hybridized carbons (Fsp3) is 0.556. The highest BCUT2D eigenvalue weighted by Gasteiger charge is 2.45. The molecule has 3 aliphatic heterocycles. The number of carbonyl (C=O) groups excluding carboxylic acids is 1. The van der Waals surface area contributed by atoms with Crippen molar-refractivity contribution in [3.05, 3.63) is 43.2 Å². The van der Waals surface area contributed by atoms with Crippen molar-refractivity contribution < 1.29 is 25.4 Å². The van der Waals surface area contributed by atoms with Crippen LogP contribution in [0.4, 0.5) is 24.5 Å².